The smallest absolute Gasteiger partial charge is 0.313 e. The van der Waals surface area contributed by atoms with Gasteiger partial charge in [0.2, 0.25) is 0 Å². The Morgan fingerprint density at radius 2 is 1.64 bits per heavy atom. The first-order valence-corrected chi connectivity index (χ1v) is 8.81. The summed E-state index contributed by atoms with van der Waals surface area (Å²) < 4.78 is 11.0. The lowest BCUT2D eigenvalue weighted by Gasteiger charge is -2.33. The van der Waals surface area contributed by atoms with Crippen LogP contribution in [0.2, 0.25) is 0 Å². The topological polar surface area (TPSA) is 71.1 Å². The highest BCUT2D eigenvalue weighted by atomic mass is 16.5. The third kappa shape index (κ3) is 5.09. The predicted molar refractivity (Wildman–Crippen MR) is 96.1 cm³/mol. The number of hydrogen-bond donors (Lipinski definition) is 1. The molecule has 0 unspecified atom stereocenters. The Balaban J connectivity index is 1.99. The quantitative estimate of drug-likeness (QED) is 0.790. The number of nitrogens with zero attached hydrogens (tertiary/aromatic N) is 2. The Morgan fingerprint density at radius 1 is 1.00 bits per heavy atom. The Bertz CT molecular complexity index is 598. The van der Waals surface area contributed by atoms with Crippen molar-refractivity contribution in [1.82, 2.24) is 9.80 Å². The molecule has 7 nitrogen and oxygen atoms in total. The lowest BCUT2D eigenvalue weighted by molar-refractivity contribution is -0.144. The monoisotopic (exact) mass is 349 g/mol. The SMILES string of the molecule is CCOc1ccc(NC(=O)C(=O)N2CCN(CC)CC2)cc1OCC. The normalized spacial score (nSPS) is 14.9. The van der Waals surface area contributed by atoms with E-state index in [2.05, 4.69) is 17.1 Å². The van der Waals surface area contributed by atoms with E-state index in [0.717, 1.165) is 19.6 Å². The minimum Gasteiger partial charge on any atom is -0.490 e. The number of benzene rings is 1. The Kier molecular flexibility index (Phi) is 7.06. The van der Waals surface area contributed by atoms with Crippen molar-refractivity contribution in [3.63, 3.8) is 0 Å². The van der Waals surface area contributed by atoms with Crippen molar-refractivity contribution >= 4 is 17.5 Å². The molecule has 1 aliphatic rings. The number of amides is 2. The molecule has 0 atom stereocenters. The molecule has 2 rings (SSSR count). The van der Waals surface area contributed by atoms with Gasteiger partial charge in [0.05, 0.1) is 13.2 Å². The summed E-state index contributed by atoms with van der Waals surface area (Å²) in [5.41, 5.74) is 0.512. The van der Waals surface area contributed by atoms with E-state index in [9.17, 15) is 9.59 Å². The fraction of sp³-hybridized carbons (Fsp3) is 0.556. The van der Waals surface area contributed by atoms with Gasteiger partial charge in [-0.05, 0) is 32.5 Å². The van der Waals surface area contributed by atoms with Gasteiger partial charge in [0.1, 0.15) is 0 Å². The van der Waals surface area contributed by atoms with E-state index in [4.69, 9.17) is 9.47 Å². The molecule has 1 fully saturated rings. The number of nitrogens with one attached hydrogen (secondary N) is 1. The van der Waals surface area contributed by atoms with Gasteiger partial charge >= 0.3 is 11.8 Å². The fourth-order valence-electron chi connectivity index (χ4n) is 2.72. The first-order valence-electron chi connectivity index (χ1n) is 8.81. The van der Waals surface area contributed by atoms with Crippen LogP contribution in [0.15, 0.2) is 18.2 Å². The maximum absolute atomic E-state index is 12.3. The first kappa shape index (κ1) is 19.1. The summed E-state index contributed by atoms with van der Waals surface area (Å²) in [7, 11) is 0. The largest absolute Gasteiger partial charge is 0.490 e. The van der Waals surface area contributed by atoms with E-state index in [-0.39, 0.29) is 0 Å². The van der Waals surface area contributed by atoms with Crippen LogP contribution < -0.4 is 14.8 Å². The summed E-state index contributed by atoms with van der Waals surface area (Å²) in [6.45, 7) is 10.6. The average molecular weight is 349 g/mol. The van der Waals surface area contributed by atoms with Crippen molar-refractivity contribution in [2.45, 2.75) is 20.8 Å². The predicted octanol–water partition coefficient (Wildman–Crippen LogP) is 1.59. The molecule has 138 valence electrons. The molecule has 0 saturated carbocycles. The maximum atomic E-state index is 12.3. The van der Waals surface area contributed by atoms with Crippen molar-refractivity contribution in [3.05, 3.63) is 18.2 Å². The van der Waals surface area contributed by atoms with Crippen LogP contribution in [-0.4, -0.2) is 67.6 Å². The molecule has 0 bridgehead atoms. The summed E-state index contributed by atoms with van der Waals surface area (Å²) in [5.74, 6) is 0.0367. The number of piperazine rings is 1. The molecule has 1 aliphatic heterocycles. The van der Waals surface area contributed by atoms with Crippen LogP contribution in [0.1, 0.15) is 20.8 Å². The summed E-state index contributed by atoms with van der Waals surface area (Å²) >= 11 is 0. The lowest BCUT2D eigenvalue weighted by atomic mass is 10.2. The van der Waals surface area contributed by atoms with Crippen molar-refractivity contribution in [1.29, 1.82) is 0 Å². The molecule has 1 saturated heterocycles. The number of rotatable bonds is 6. The molecule has 0 spiro atoms. The summed E-state index contributed by atoms with van der Waals surface area (Å²) in [4.78, 5) is 28.4. The van der Waals surface area contributed by atoms with E-state index in [1.165, 1.54) is 0 Å². The van der Waals surface area contributed by atoms with Crippen molar-refractivity contribution in [3.8, 4) is 11.5 Å². The maximum Gasteiger partial charge on any atom is 0.313 e. The van der Waals surface area contributed by atoms with Crippen molar-refractivity contribution in [2.24, 2.45) is 0 Å². The van der Waals surface area contributed by atoms with Gasteiger partial charge in [-0.15, -0.1) is 0 Å². The summed E-state index contributed by atoms with van der Waals surface area (Å²) in [6, 6.07) is 5.11. The number of hydrogen-bond acceptors (Lipinski definition) is 5. The molecule has 0 radical (unpaired) electrons. The van der Waals surface area contributed by atoms with Gasteiger partial charge < -0.3 is 24.6 Å². The Hall–Kier alpha value is -2.28. The summed E-state index contributed by atoms with van der Waals surface area (Å²) in [5, 5.41) is 2.65. The van der Waals surface area contributed by atoms with Gasteiger partial charge in [0.25, 0.3) is 0 Å². The van der Waals surface area contributed by atoms with Crippen LogP contribution in [0.3, 0.4) is 0 Å². The standard InChI is InChI=1S/C18H27N3O4/c1-4-20-9-11-21(12-10-20)18(23)17(22)19-14-7-8-15(24-5-2)16(13-14)25-6-3/h7-8,13H,4-6,9-12H2,1-3H3,(H,19,22). The molecule has 0 aliphatic carbocycles. The summed E-state index contributed by atoms with van der Waals surface area (Å²) in [6.07, 6.45) is 0. The van der Waals surface area contributed by atoms with Gasteiger partial charge in [-0.2, -0.15) is 0 Å². The third-order valence-electron chi connectivity index (χ3n) is 4.10. The second kappa shape index (κ2) is 9.27. The average Bonchev–Trinajstić information content (AvgIpc) is 2.63. The van der Waals surface area contributed by atoms with Gasteiger partial charge in [0, 0.05) is 37.9 Å². The van der Waals surface area contributed by atoms with E-state index in [1.54, 1.807) is 23.1 Å². The molecular weight excluding hydrogens is 322 g/mol. The molecule has 1 heterocycles. The third-order valence-corrected chi connectivity index (χ3v) is 4.10. The van der Waals surface area contributed by atoms with Crippen molar-refractivity contribution < 1.29 is 19.1 Å². The number of anilines is 1. The first-order chi connectivity index (χ1) is 12.1. The molecular formula is C18H27N3O4. The van der Waals surface area contributed by atoms with Crippen molar-refractivity contribution in [2.75, 3.05) is 51.3 Å². The van der Waals surface area contributed by atoms with E-state index < -0.39 is 11.8 Å². The highest BCUT2D eigenvalue weighted by molar-refractivity contribution is 6.39. The molecule has 25 heavy (non-hydrogen) atoms. The molecule has 0 aromatic heterocycles. The molecule has 2 amide bonds. The number of carbonyl (C=O) groups is 2. The minimum absolute atomic E-state index is 0.484. The van der Waals surface area contributed by atoms with Crippen LogP contribution >= 0.6 is 0 Å². The molecule has 1 N–H and O–H groups in total. The molecule has 1 aromatic carbocycles. The molecule has 7 heteroatoms. The van der Waals surface area contributed by atoms with E-state index in [0.29, 0.717) is 43.5 Å². The minimum atomic E-state index is -0.628. The van der Waals surface area contributed by atoms with Crippen LogP contribution in [-0.2, 0) is 9.59 Å². The van der Waals surface area contributed by atoms with Crippen LogP contribution in [0.5, 0.6) is 11.5 Å². The molecule has 1 aromatic rings. The zero-order valence-electron chi connectivity index (χ0n) is 15.2. The zero-order chi connectivity index (χ0) is 18.2. The fourth-order valence-corrected chi connectivity index (χ4v) is 2.72. The second-order valence-corrected chi connectivity index (χ2v) is 5.71. The van der Waals surface area contributed by atoms with Gasteiger partial charge in [-0.25, -0.2) is 0 Å². The van der Waals surface area contributed by atoms with Crippen LogP contribution in [0.25, 0.3) is 0 Å². The number of likely N-dealkylation sites (N-methyl/N-ethyl adjacent to an activating group) is 1. The second-order valence-electron chi connectivity index (χ2n) is 5.71. The number of ether oxygens (including phenoxy) is 2. The lowest BCUT2D eigenvalue weighted by Crippen LogP contribution is -2.51. The Labute approximate surface area is 148 Å². The number of carbonyl (C=O) groups excluding carboxylic acids is 2. The van der Waals surface area contributed by atoms with E-state index >= 15 is 0 Å². The van der Waals surface area contributed by atoms with E-state index in [1.807, 2.05) is 13.8 Å². The Morgan fingerprint density at radius 3 is 2.24 bits per heavy atom. The van der Waals surface area contributed by atoms with Gasteiger partial charge in [-0.1, -0.05) is 6.92 Å². The highest BCUT2D eigenvalue weighted by Gasteiger charge is 2.25. The van der Waals surface area contributed by atoms with Crippen LogP contribution in [0.4, 0.5) is 5.69 Å². The van der Waals surface area contributed by atoms with Crippen LogP contribution in [0, 0.1) is 0 Å². The zero-order valence-corrected chi connectivity index (χ0v) is 15.2. The highest BCUT2D eigenvalue weighted by Crippen LogP contribution is 2.30. The van der Waals surface area contributed by atoms with Gasteiger partial charge in [-0.3, -0.25) is 9.59 Å². The van der Waals surface area contributed by atoms with Gasteiger partial charge in [0.15, 0.2) is 11.5 Å².